The summed E-state index contributed by atoms with van der Waals surface area (Å²) in [5.41, 5.74) is 2.08. The number of ether oxygens (including phenoxy) is 4. The van der Waals surface area contributed by atoms with E-state index in [0.717, 1.165) is 11.1 Å². The summed E-state index contributed by atoms with van der Waals surface area (Å²) in [4.78, 5) is 12.2. The van der Waals surface area contributed by atoms with Crippen LogP contribution in [0.4, 0.5) is 0 Å². The van der Waals surface area contributed by atoms with E-state index in [0.29, 0.717) is 42.5 Å². The van der Waals surface area contributed by atoms with E-state index in [1.54, 1.807) is 25.3 Å². The normalized spacial score (nSPS) is 12.0. The van der Waals surface area contributed by atoms with Crippen molar-refractivity contribution in [1.82, 2.24) is 5.32 Å². The number of rotatable bonds is 13. The first-order valence-electron chi connectivity index (χ1n) is 11.3. The van der Waals surface area contributed by atoms with Crippen LogP contribution in [0.15, 0.2) is 78.9 Å². The lowest BCUT2D eigenvalue weighted by Gasteiger charge is -2.14. The molecule has 3 aromatic rings. The number of methoxy groups -OCH3 is 2. The van der Waals surface area contributed by atoms with Gasteiger partial charge in [-0.05, 0) is 41.5 Å². The van der Waals surface area contributed by atoms with Crippen LogP contribution >= 0.6 is 0 Å². The summed E-state index contributed by atoms with van der Waals surface area (Å²) in [6.07, 6.45) is 1.10. The molecule has 0 aliphatic rings. The number of carbonyl (C=O) groups excluding carboxylic acids is 1. The fourth-order valence-corrected chi connectivity index (χ4v) is 3.31. The number of aliphatic hydroxyl groups excluding tert-OH is 1. The van der Waals surface area contributed by atoms with E-state index in [1.807, 2.05) is 66.7 Å². The maximum Gasteiger partial charge on any atom is 0.338 e. The second-order valence-electron chi connectivity index (χ2n) is 7.65. The Morgan fingerprint density at radius 3 is 2.29 bits per heavy atom. The Morgan fingerprint density at radius 1 is 0.914 bits per heavy atom. The summed E-state index contributed by atoms with van der Waals surface area (Å²) >= 11 is 0. The molecule has 0 bridgehead atoms. The highest BCUT2D eigenvalue weighted by Gasteiger charge is 2.12. The van der Waals surface area contributed by atoms with Gasteiger partial charge in [-0.3, -0.25) is 0 Å². The minimum atomic E-state index is -0.676. The topological polar surface area (TPSA) is 86.3 Å². The Kier molecular flexibility index (Phi) is 10.2. The quantitative estimate of drug-likeness (QED) is 0.168. The van der Waals surface area contributed by atoms with Crippen molar-refractivity contribution in [3.63, 3.8) is 0 Å². The fourth-order valence-electron chi connectivity index (χ4n) is 3.31. The molecule has 0 aliphatic carbocycles. The van der Waals surface area contributed by atoms with Gasteiger partial charge in [-0.15, -0.1) is 0 Å². The molecule has 2 N–H and O–H groups in total. The van der Waals surface area contributed by atoms with Crippen LogP contribution in [0.3, 0.4) is 0 Å². The Balaban J connectivity index is 1.43. The summed E-state index contributed by atoms with van der Waals surface area (Å²) in [6, 6.07) is 24.1. The number of carbonyl (C=O) groups is 1. The van der Waals surface area contributed by atoms with Crippen LogP contribution in [0.25, 0.3) is 11.6 Å². The highest BCUT2D eigenvalue weighted by Crippen LogP contribution is 2.25. The Bertz CT molecular complexity index is 1080. The Morgan fingerprint density at radius 2 is 1.60 bits per heavy atom. The summed E-state index contributed by atoms with van der Waals surface area (Å²) in [5.74, 6) is 1.59. The third kappa shape index (κ3) is 8.17. The zero-order valence-electron chi connectivity index (χ0n) is 20.0. The van der Waals surface area contributed by atoms with Crippen LogP contribution < -0.4 is 19.5 Å². The van der Waals surface area contributed by atoms with E-state index in [9.17, 15) is 9.90 Å². The molecule has 1 unspecified atom stereocenters. The third-order valence-electron chi connectivity index (χ3n) is 5.11. The average molecular weight is 478 g/mol. The summed E-state index contributed by atoms with van der Waals surface area (Å²) in [6.45, 7) is 1.53. The highest BCUT2D eigenvalue weighted by atomic mass is 16.5. The molecule has 0 aromatic heterocycles. The van der Waals surface area contributed by atoms with Crippen molar-refractivity contribution in [3.8, 4) is 17.2 Å². The first-order valence-corrected chi connectivity index (χ1v) is 11.3. The maximum atomic E-state index is 12.2. The molecule has 7 nitrogen and oxygen atoms in total. The smallest absolute Gasteiger partial charge is 0.338 e. The zero-order valence-corrected chi connectivity index (χ0v) is 20.0. The number of hydrogen-bond donors (Lipinski definition) is 2. The van der Waals surface area contributed by atoms with Gasteiger partial charge < -0.3 is 29.4 Å². The number of aliphatic hydroxyl groups is 1. The van der Waals surface area contributed by atoms with Gasteiger partial charge >= 0.3 is 5.97 Å². The van der Waals surface area contributed by atoms with E-state index in [4.69, 9.17) is 18.9 Å². The van der Waals surface area contributed by atoms with Crippen LogP contribution in [0.2, 0.25) is 0 Å². The lowest BCUT2D eigenvalue weighted by Crippen LogP contribution is -2.33. The SMILES string of the molecule is COC(=O)/C(=C/c1ccc(OCC(O)CNCCOc2ccccc2OC)cc1)c1ccccc1. The van der Waals surface area contributed by atoms with Crippen molar-refractivity contribution in [1.29, 1.82) is 0 Å². The monoisotopic (exact) mass is 477 g/mol. The van der Waals surface area contributed by atoms with Gasteiger partial charge in [-0.2, -0.15) is 0 Å². The molecule has 0 amide bonds. The minimum absolute atomic E-state index is 0.146. The summed E-state index contributed by atoms with van der Waals surface area (Å²) in [7, 11) is 2.97. The lowest BCUT2D eigenvalue weighted by atomic mass is 10.0. The second kappa shape index (κ2) is 13.8. The van der Waals surface area contributed by atoms with Crippen molar-refractivity contribution in [2.45, 2.75) is 6.10 Å². The zero-order chi connectivity index (χ0) is 24.9. The first kappa shape index (κ1) is 25.8. The molecule has 1 atom stereocenters. The molecule has 0 spiro atoms. The van der Waals surface area contributed by atoms with Gasteiger partial charge in [0.1, 0.15) is 25.1 Å². The van der Waals surface area contributed by atoms with Crippen molar-refractivity contribution in [2.24, 2.45) is 0 Å². The molecule has 0 aliphatic heterocycles. The Hall–Kier alpha value is -3.81. The number of hydrogen-bond acceptors (Lipinski definition) is 7. The Labute approximate surface area is 205 Å². The molecule has 35 heavy (non-hydrogen) atoms. The molecule has 7 heteroatoms. The standard InChI is InChI=1S/C28H31NO6/c1-32-26-10-6-7-11-27(26)34-17-16-29-19-23(30)20-35-24-14-12-21(13-15-24)18-25(28(31)33-2)22-8-4-3-5-9-22/h3-15,18,23,29-30H,16-17,19-20H2,1-2H3/b25-18+. The van der Waals surface area contributed by atoms with Gasteiger partial charge in [0, 0.05) is 13.1 Å². The second-order valence-corrected chi connectivity index (χ2v) is 7.65. The first-order chi connectivity index (χ1) is 17.1. The highest BCUT2D eigenvalue weighted by molar-refractivity contribution is 6.21. The van der Waals surface area contributed by atoms with Gasteiger partial charge in [0.2, 0.25) is 0 Å². The predicted octanol–water partition coefficient (Wildman–Crippen LogP) is 3.82. The van der Waals surface area contributed by atoms with E-state index < -0.39 is 12.1 Å². The van der Waals surface area contributed by atoms with Gasteiger partial charge in [0.25, 0.3) is 0 Å². The predicted molar refractivity (Wildman–Crippen MR) is 136 cm³/mol. The molecule has 0 saturated heterocycles. The third-order valence-corrected chi connectivity index (χ3v) is 5.11. The number of esters is 1. The number of para-hydroxylation sites is 2. The molecule has 184 valence electrons. The largest absolute Gasteiger partial charge is 0.493 e. The molecule has 0 radical (unpaired) electrons. The molecule has 0 fully saturated rings. The molecule has 0 heterocycles. The number of benzene rings is 3. The summed E-state index contributed by atoms with van der Waals surface area (Å²) < 4.78 is 21.6. The van der Waals surface area contributed by atoms with Crippen molar-refractivity contribution in [3.05, 3.63) is 90.0 Å². The lowest BCUT2D eigenvalue weighted by molar-refractivity contribution is -0.133. The van der Waals surface area contributed by atoms with E-state index >= 15 is 0 Å². The van der Waals surface area contributed by atoms with Crippen molar-refractivity contribution >= 4 is 17.6 Å². The van der Waals surface area contributed by atoms with Gasteiger partial charge in [-0.1, -0.05) is 54.6 Å². The fraction of sp³-hybridized carbons (Fsp3) is 0.250. The van der Waals surface area contributed by atoms with Crippen LogP contribution in [-0.4, -0.2) is 57.7 Å². The molecular formula is C28H31NO6. The van der Waals surface area contributed by atoms with E-state index in [1.165, 1.54) is 7.11 Å². The van der Waals surface area contributed by atoms with Crippen LogP contribution in [0.1, 0.15) is 11.1 Å². The molecular weight excluding hydrogens is 446 g/mol. The molecule has 0 saturated carbocycles. The molecule has 3 aromatic carbocycles. The van der Waals surface area contributed by atoms with Gasteiger partial charge in [0.15, 0.2) is 11.5 Å². The minimum Gasteiger partial charge on any atom is -0.493 e. The van der Waals surface area contributed by atoms with E-state index in [2.05, 4.69) is 5.32 Å². The van der Waals surface area contributed by atoms with Gasteiger partial charge in [-0.25, -0.2) is 4.79 Å². The van der Waals surface area contributed by atoms with Crippen LogP contribution in [0, 0.1) is 0 Å². The average Bonchev–Trinajstić information content (AvgIpc) is 2.91. The van der Waals surface area contributed by atoms with Crippen molar-refractivity contribution in [2.75, 3.05) is 40.5 Å². The van der Waals surface area contributed by atoms with Gasteiger partial charge in [0.05, 0.1) is 19.8 Å². The molecule has 3 rings (SSSR count). The van der Waals surface area contributed by atoms with Crippen LogP contribution in [0.5, 0.6) is 17.2 Å². The van der Waals surface area contributed by atoms with Crippen molar-refractivity contribution < 1.29 is 28.8 Å². The maximum absolute atomic E-state index is 12.2. The number of nitrogens with one attached hydrogen (secondary N) is 1. The van der Waals surface area contributed by atoms with Crippen LogP contribution in [-0.2, 0) is 9.53 Å². The van der Waals surface area contributed by atoms with E-state index in [-0.39, 0.29) is 6.61 Å². The summed E-state index contributed by atoms with van der Waals surface area (Å²) in [5, 5.41) is 13.3.